The summed E-state index contributed by atoms with van der Waals surface area (Å²) in [6, 6.07) is 7.49. The number of alkyl halides is 1. The van der Waals surface area contributed by atoms with Crippen molar-refractivity contribution in [2.45, 2.75) is 0 Å². The van der Waals surface area contributed by atoms with Gasteiger partial charge in [-0.2, -0.15) is 5.10 Å². The summed E-state index contributed by atoms with van der Waals surface area (Å²) in [5.41, 5.74) is 0.805. The van der Waals surface area contributed by atoms with Crippen LogP contribution in [0.4, 0.5) is 5.82 Å². The van der Waals surface area contributed by atoms with Gasteiger partial charge >= 0.3 is 0 Å². The van der Waals surface area contributed by atoms with Gasteiger partial charge in [0.25, 0.3) is 0 Å². The maximum atomic E-state index is 11.0. The minimum atomic E-state index is -0.311. The summed E-state index contributed by atoms with van der Waals surface area (Å²) in [5.74, 6) is -0.0430. The van der Waals surface area contributed by atoms with E-state index in [1.807, 2.05) is 24.3 Å². The smallest absolute Gasteiger partial charge is 0.240 e. The predicted octanol–water partition coefficient (Wildman–Crippen LogP) is 2.21. The molecule has 0 saturated carbocycles. The zero-order valence-electron chi connectivity index (χ0n) is 8.60. The molecule has 0 radical (unpaired) electrons. The molecule has 5 nitrogen and oxygen atoms in total. The summed E-state index contributed by atoms with van der Waals surface area (Å²) in [4.78, 5) is 12.5. The molecule has 0 atom stereocenters. The molecule has 88 valence electrons. The highest BCUT2D eigenvalue weighted by Gasteiger charge is 2.05. The van der Waals surface area contributed by atoms with Crippen LogP contribution in [-0.4, -0.2) is 26.8 Å². The van der Waals surface area contributed by atoms with Gasteiger partial charge in [0.1, 0.15) is 5.88 Å². The van der Waals surface area contributed by atoms with E-state index in [0.29, 0.717) is 5.82 Å². The third-order valence-corrected chi connectivity index (χ3v) is 2.71. The topological polar surface area (TPSA) is 59.8 Å². The standard InChI is InChI=1S/C10H8BrClN4O/c11-7-1-3-8(4-2-7)16-13-6-9(15-16)14-10(17)5-12/h1-4,6H,5H2,(H,14,15,17). The quantitative estimate of drug-likeness (QED) is 0.883. The number of hydrogen-bond donors (Lipinski definition) is 1. The second-order valence-corrected chi connectivity index (χ2v) is 4.36. The van der Waals surface area contributed by atoms with E-state index in [0.717, 1.165) is 10.2 Å². The van der Waals surface area contributed by atoms with Gasteiger partial charge in [-0.05, 0) is 24.3 Å². The third kappa shape index (κ3) is 3.04. The van der Waals surface area contributed by atoms with Crippen molar-refractivity contribution in [2.75, 3.05) is 11.2 Å². The largest absolute Gasteiger partial charge is 0.307 e. The van der Waals surface area contributed by atoms with Crippen LogP contribution in [0.25, 0.3) is 5.69 Å². The number of nitrogens with zero attached hydrogens (tertiary/aromatic N) is 3. The Hall–Kier alpha value is -1.40. The molecule has 0 aliphatic heterocycles. The average molecular weight is 316 g/mol. The third-order valence-electron chi connectivity index (χ3n) is 1.94. The summed E-state index contributed by atoms with van der Waals surface area (Å²) in [6.07, 6.45) is 1.46. The van der Waals surface area contributed by atoms with Crippen LogP contribution >= 0.6 is 27.5 Å². The molecule has 0 aliphatic carbocycles. The highest BCUT2D eigenvalue weighted by atomic mass is 79.9. The molecule has 1 heterocycles. The molecular formula is C10H8BrClN4O. The highest BCUT2D eigenvalue weighted by molar-refractivity contribution is 9.10. The molecule has 17 heavy (non-hydrogen) atoms. The van der Waals surface area contributed by atoms with Gasteiger partial charge in [-0.3, -0.25) is 4.79 Å². The number of hydrogen-bond acceptors (Lipinski definition) is 3. The predicted molar refractivity (Wildman–Crippen MR) is 68.4 cm³/mol. The Bertz CT molecular complexity index is 525. The van der Waals surface area contributed by atoms with Crippen LogP contribution in [-0.2, 0) is 4.79 Å². The molecule has 0 fully saturated rings. The Balaban J connectivity index is 2.18. The van der Waals surface area contributed by atoms with Crippen LogP contribution in [0.2, 0.25) is 0 Å². The first-order chi connectivity index (χ1) is 8.19. The Morgan fingerprint density at radius 3 is 2.76 bits per heavy atom. The molecule has 0 spiro atoms. The van der Waals surface area contributed by atoms with Gasteiger partial charge in [0.05, 0.1) is 11.9 Å². The molecule has 1 aromatic heterocycles. The number of rotatable bonds is 3. The Labute approximate surface area is 111 Å². The maximum Gasteiger partial charge on any atom is 0.240 e. The molecule has 0 saturated heterocycles. The summed E-state index contributed by atoms with van der Waals surface area (Å²) in [6.45, 7) is 0. The van der Waals surface area contributed by atoms with Gasteiger partial charge in [0.2, 0.25) is 5.91 Å². The van der Waals surface area contributed by atoms with E-state index in [2.05, 4.69) is 31.4 Å². The van der Waals surface area contributed by atoms with Gasteiger partial charge in [0.15, 0.2) is 5.82 Å². The van der Waals surface area contributed by atoms with E-state index < -0.39 is 0 Å². The fourth-order valence-corrected chi connectivity index (χ4v) is 1.53. The number of anilines is 1. The summed E-state index contributed by atoms with van der Waals surface area (Å²) < 4.78 is 0.976. The number of aromatic nitrogens is 3. The minimum absolute atomic E-state index is 0.106. The number of amides is 1. The molecule has 2 rings (SSSR count). The highest BCUT2D eigenvalue weighted by Crippen LogP contribution is 2.13. The van der Waals surface area contributed by atoms with Crippen molar-refractivity contribution in [3.05, 3.63) is 34.9 Å². The number of carbonyl (C=O) groups excluding carboxylic acids is 1. The summed E-state index contributed by atoms with van der Waals surface area (Å²) in [5, 5.41) is 10.7. The van der Waals surface area contributed by atoms with Crippen LogP contribution < -0.4 is 5.32 Å². The Morgan fingerprint density at radius 1 is 1.41 bits per heavy atom. The van der Waals surface area contributed by atoms with Crippen molar-refractivity contribution in [3.63, 3.8) is 0 Å². The van der Waals surface area contributed by atoms with E-state index in [-0.39, 0.29) is 11.8 Å². The molecule has 1 amide bonds. The molecule has 1 aromatic carbocycles. The fraction of sp³-hybridized carbons (Fsp3) is 0.100. The SMILES string of the molecule is O=C(CCl)Nc1cnn(-c2ccc(Br)cc2)n1. The number of carbonyl (C=O) groups is 1. The van der Waals surface area contributed by atoms with Crippen molar-refractivity contribution >= 4 is 39.3 Å². The second-order valence-electron chi connectivity index (χ2n) is 3.18. The normalized spacial score (nSPS) is 10.2. The van der Waals surface area contributed by atoms with E-state index in [1.54, 1.807) is 0 Å². The summed E-state index contributed by atoms with van der Waals surface area (Å²) in [7, 11) is 0. The molecule has 1 N–H and O–H groups in total. The Kier molecular flexibility index (Phi) is 3.75. The zero-order valence-corrected chi connectivity index (χ0v) is 10.9. The van der Waals surface area contributed by atoms with Crippen molar-refractivity contribution in [3.8, 4) is 5.69 Å². The lowest BCUT2D eigenvalue weighted by Gasteiger charge is -1.99. The minimum Gasteiger partial charge on any atom is -0.307 e. The first-order valence-corrected chi connectivity index (χ1v) is 6.06. The van der Waals surface area contributed by atoms with Crippen molar-refractivity contribution in [2.24, 2.45) is 0 Å². The van der Waals surface area contributed by atoms with Gasteiger partial charge in [-0.25, -0.2) is 0 Å². The molecule has 2 aromatic rings. The van der Waals surface area contributed by atoms with Crippen molar-refractivity contribution in [1.82, 2.24) is 15.0 Å². The van der Waals surface area contributed by atoms with Crippen LogP contribution in [0.15, 0.2) is 34.9 Å². The first kappa shape index (κ1) is 12.1. The van der Waals surface area contributed by atoms with E-state index in [9.17, 15) is 4.79 Å². The van der Waals surface area contributed by atoms with E-state index in [4.69, 9.17) is 11.6 Å². The van der Waals surface area contributed by atoms with Crippen LogP contribution in [0, 0.1) is 0 Å². The van der Waals surface area contributed by atoms with Crippen LogP contribution in [0.5, 0.6) is 0 Å². The molecule has 7 heteroatoms. The van der Waals surface area contributed by atoms with Crippen molar-refractivity contribution in [1.29, 1.82) is 0 Å². The molecule has 0 bridgehead atoms. The lowest BCUT2D eigenvalue weighted by atomic mass is 10.3. The number of nitrogens with one attached hydrogen (secondary N) is 1. The maximum absolute atomic E-state index is 11.0. The second kappa shape index (κ2) is 5.29. The zero-order chi connectivity index (χ0) is 12.3. The molecular weight excluding hydrogens is 307 g/mol. The monoisotopic (exact) mass is 314 g/mol. The van der Waals surface area contributed by atoms with Gasteiger partial charge in [-0.15, -0.1) is 21.5 Å². The fourth-order valence-electron chi connectivity index (χ4n) is 1.20. The van der Waals surface area contributed by atoms with Gasteiger partial charge in [-0.1, -0.05) is 15.9 Å². The Morgan fingerprint density at radius 2 is 2.12 bits per heavy atom. The van der Waals surface area contributed by atoms with Crippen molar-refractivity contribution < 1.29 is 4.79 Å². The molecule has 0 unspecified atom stereocenters. The van der Waals surface area contributed by atoms with Crippen LogP contribution in [0.1, 0.15) is 0 Å². The number of halogens is 2. The van der Waals surface area contributed by atoms with Gasteiger partial charge in [0, 0.05) is 4.47 Å². The number of benzene rings is 1. The summed E-state index contributed by atoms with van der Waals surface area (Å²) >= 11 is 8.71. The molecule has 0 aliphatic rings. The van der Waals surface area contributed by atoms with Crippen LogP contribution in [0.3, 0.4) is 0 Å². The lowest BCUT2D eigenvalue weighted by molar-refractivity contribution is -0.113. The first-order valence-electron chi connectivity index (χ1n) is 4.73. The average Bonchev–Trinajstić information content (AvgIpc) is 2.78. The lowest BCUT2D eigenvalue weighted by Crippen LogP contribution is -2.13. The van der Waals surface area contributed by atoms with Gasteiger partial charge < -0.3 is 5.32 Å². The van der Waals surface area contributed by atoms with E-state index in [1.165, 1.54) is 11.0 Å². The van der Waals surface area contributed by atoms with E-state index >= 15 is 0 Å².